The number of rotatable bonds is 11. The van der Waals surface area contributed by atoms with Crippen molar-refractivity contribution in [3.05, 3.63) is 41.7 Å². The Kier molecular flexibility index (Phi) is 11.5. The van der Waals surface area contributed by atoms with Gasteiger partial charge in [0, 0.05) is 24.8 Å². The van der Waals surface area contributed by atoms with Gasteiger partial charge in [-0.1, -0.05) is 37.3 Å². The molecule has 1 aliphatic carbocycles. The number of primary amides is 1. The molecule has 3 aliphatic rings. The van der Waals surface area contributed by atoms with E-state index in [1.54, 1.807) is 25.6 Å². The fraction of sp³-hybridized carbons (Fsp3) is 0.588. The van der Waals surface area contributed by atoms with E-state index < -0.39 is 62.5 Å². The van der Waals surface area contributed by atoms with Gasteiger partial charge in [0.05, 0.1) is 22.8 Å². The maximum atomic E-state index is 14.6. The van der Waals surface area contributed by atoms with Gasteiger partial charge in [-0.25, -0.2) is 18.1 Å². The van der Waals surface area contributed by atoms with Crippen LogP contribution in [0.5, 0.6) is 0 Å². The van der Waals surface area contributed by atoms with Crippen LogP contribution in [0.2, 0.25) is 0 Å². The molecular weight excluding hydrogens is 699 g/mol. The summed E-state index contributed by atoms with van der Waals surface area (Å²) < 4.78 is 25.4. The Labute approximate surface area is 301 Å². The number of hydrogen-bond donors (Lipinski definition) is 3. The second kappa shape index (κ2) is 15.3. The van der Waals surface area contributed by atoms with E-state index in [-0.39, 0.29) is 54.3 Å². The van der Waals surface area contributed by atoms with E-state index in [1.807, 2.05) is 0 Å². The quantitative estimate of drug-likeness (QED) is 0.222. The number of nitrogens with zero attached hydrogens (tertiary/aromatic N) is 5. The Hall–Kier alpha value is -3.96. The van der Waals surface area contributed by atoms with E-state index in [9.17, 15) is 37.5 Å². The number of thioether (sulfide) groups is 1. The number of nitrogens with two attached hydrogens (primary N) is 1. The molecule has 4 N–H and O–H groups in total. The third-order valence-corrected chi connectivity index (χ3v) is 12.1. The Morgan fingerprint density at radius 3 is 2.31 bits per heavy atom. The van der Waals surface area contributed by atoms with Crippen molar-refractivity contribution < 1.29 is 37.5 Å². The first-order chi connectivity index (χ1) is 24.0. The van der Waals surface area contributed by atoms with Gasteiger partial charge in [-0.15, -0.1) is 5.10 Å². The van der Waals surface area contributed by atoms with Gasteiger partial charge in [0.1, 0.15) is 22.9 Å². The minimum Gasteiger partial charge on any atom is -0.384 e. The molecule has 2 aliphatic heterocycles. The third kappa shape index (κ3) is 8.75. The van der Waals surface area contributed by atoms with Crippen LogP contribution in [0, 0.1) is 5.92 Å². The van der Waals surface area contributed by atoms with E-state index in [0.29, 0.717) is 17.2 Å². The zero-order valence-corrected chi connectivity index (χ0v) is 30.7. The predicted molar refractivity (Wildman–Crippen MR) is 189 cm³/mol. The zero-order valence-electron chi connectivity index (χ0n) is 29.0. The molecule has 0 bridgehead atoms. The van der Waals surface area contributed by atoms with Gasteiger partial charge in [-0.2, -0.15) is 11.8 Å². The summed E-state index contributed by atoms with van der Waals surface area (Å²) in [6.07, 6.45) is 7.69. The smallest absolute Gasteiger partial charge is 0.287 e. The normalized spacial score (nSPS) is 21.6. The van der Waals surface area contributed by atoms with Gasteiger partial charge >= 0.3 is 0 Å². The summed E-state index contributed by atoms with van der Waals surface area (Å²) in [6, 6.07) is 3.48. The highest BCUT2D eigenvalue weighted by molar-refractivity contribution is 7.99. The number of sulfone groups is 1. The second-order valence-corrected chi connectivity index (χ2v) is 17.5. The molecule has 2 saturated heterocycles. The molecule has 0 unspecified atom stereocenters. The molecule has 17 heteroatoms. The van der Waals surface area contributed by atoms with Gasteiger partial charge in [0.15, 0.2) is 9.84 Å². The van der Waals surface area contributed by atoms with Crippen LogP contribution >= 0.6 is 11.8 Å². The van der Waals surface area contributed by atoms with Crippen LogP contribution in [-0.4, -0.2) is 104 Å². The van der Waals surface area contributed by atoms with E-state index in [2.05, 4.69) is 20.6 Å². The number of Topliss-reactive ketones (excluding diaryl/α,β-unsaturated/α-hetero) is 1. The van der Waals surface area contributed by atoms with Crippen LogP contribution in [0.15, 0.2) is 40.4 Å². The molecular formula is C34H45N7O8S2. The van der Waals surface area contributed by atoms with Gasteiger partial charge in [0.2, 0.25) is 11.7 Å². The molecule has 0 spiro atoms. The number of nitrogens with one attached hydrogen (secondary N) is 1. The molecule has 0 radical (unpaired) electrons. The summed E-state index contributed by atoms with van der Waals surface area (Å²) in [5.41, 5.74) is 2.93. The highest BCUT2D eigenvalue weighted by Gasteiger charge is 2.49. The van der Waals surface area contributed by atoms with Gasteiger partial charge in [0.25, 0.3) is 17.7 Å². The Balaban J connectivity index is 1.53. The first kappa shape index (κ1) is 38.3. The van der Waals surface area contributed by atoms with E-state index in [1.165, 1.54) is 40.0 Å². The molecule has 1 saturated carbocycles. The largest absolute Gasteiger partial charge is 0.384 e. The van der Waals surface area contributed by atoms with Gasteiger partial charge < -0.3 is 21.1 Å². The minimum atomic E-state index is -3.51. The Morgan fingerprint density at radius 2 is 1.73 bits per heavy atom. The molecule has 2 atom stereocenters. The van der Waals surface area contributed by atoms with E-state index in [0.717, 1.165) is 38.4 Å². The number of benzene rings is 1. The lowest BCUT2D eigenvalue weighted by molar-refractivity contribution is -0.143. The summed E-state index contributed by atoms with van der Waals surface area (Å²) >= 11 is 1.58. The number of ketones is 1. The van der Waals surface area contributed by atoms with Gasteiger partial charge in [-0.05, 0) is 74.8 Å². The number of likely N-dealkylation sites (tertiary alicyclic amines) is 1. The molecule has 4 amide bonds. The number of amides is 4. The molecule has 5 rings (SSSR count). The van der Waals surface area contributed by atoms with Crippen molar-refractivity contribution in [2.24, 2.45) is 16.6 Å². The number of aromatic nitrogens is 3. The summed E-state index contributed by atoms with van der Waals surface area (Å²) in [4.78, 5) is 73.3. The van der Waals surface area contributed by atoms with Gasteiger partial charge in [-0.3, -0.25) is 24.0 Å². The molecule has 3 fully saturated rings. The van der Waals surface area contributed by atoms with Crippen LogP contribution in [0.1, 0.15) is 93.7 Å². The maximum absolute atomic E-state index is 14.6. The SMILES string of the molecule is CC(C)(O)c1cnnn1[C@H]1C[C@@H](C(=O)NC2(C(=O)C(N)=O)CCSCC2)N(C(=O)/C(CC2CCCCC2)=N/C(=O)c2ccc(S(C)(=O)=O)cc2)C1. The van der Waals surface area contributed by atoms with E-state index >= 15 is 0 Å². The van der Waals surface area contributed by atoms with Crippen molar-refractivity contribution in [3.8, 4) is 0 Å². The first-order valence-electron chi connectivity index (χ1n) is 17.1. The Bertz CT molecular complexity index is 1810. The van der Waals surface area contributed by atoms with Crippen LogP contribution in [0.3, 0.4) is 0 Å². The number of carbonyl (C=O) groups is 5. The minimum absolute atomic E-state index is 0.0250. The molecule has 3 heterocycles. The summed E-state index contributed by atoms with van der Waals surface area (Å²) in [5.74, 6) is -3.04. The topological polar surface area (TPSA) is 224 Å². The lowest BCUT2D eigenvalue weighted by Gasteiger charge is -2.37. The zero-order chi connectivity index (χ0) is 37.1. The van der Waals surface area contributed by atoms with Crippen molar-refractivity contribution in [1.29, 1.82) is 0 Å². The molecule has 1 aromatic carbocycles. The van der Waals surface area contributed by atoms with Crippen LogP contribution < -0.4 is 11.1 Å². The third-order valence-electron chi connectivity index (χ3n) is 9.98. The number of aliphatic imine (C=N–C) groups is 1. The fourth-order valence-electron chi connectivity index (χ4n) is 7.14. The van der Waals surface area contributed by atoms with Crippen molar-refractivity contribution in [2.45, 2.75) is 99.8 Å². The molecule has 276 valence electrons. The van der Waals surface area contributed by atoms with Crippen molar-refractivity contribution in [1.82, 2.24) is 25.2 Å². The molecule has 1 aromatic heterocycles. The standard InChI is InChI=1S/C34H45N7O8S2/c1-33(2,47)27-19-36-39-41(27)23-18-26(31(45)38-34(28(42)29(35)43)13-15-50-16-14-34)40(20-23)32(46)25(17-21-7-5-4-6-8-21)37-30(44)22-9-11-24(12-10-22)51(3,48)49/h9-12,19,21,23,26,47H,4-8,13-18,20H2,1-3H3,(H2,35,43)(H,38,45)/b37-25+/t23-,26-/m0/s1. The van der Waals surface area contributed by atoms with Crippen LogP contribution in [0.25, 0.3) is 0 Å². The molecule has 15 nitrogen and oxygen atoms in total. The Morgan fingerprint density at radius 1 is 1.08 bits per heavy atom. The average molecular weight is 744 g/mol. The van der Waals surface area contributed by atoms with Crippen molar-refractivity contribution in [3.63, 3.8) is 0 Å². The highest BCUT2D eigenvalue weighted by atomic mass is 32.2. The second-order valence-electron chi connectivity index (χ2n) is 14.2. The maximum Gasteiger partial charge on any atom is 0.287 e. The summed E-state index contributed by atoms with van der Waals surface area (Å²) in [6.45, 7) is 3.07. The lowest BCUT2D eigenvalue weighted by Crippen LogP contribution is -2.63. The molecule has 51 heavy (non-hydrogen) atoms. The van der Waals surface area contributed by atoms with Crippen LogP contribution in [-0.2, 0) is 34.6 Å². The summed E-state index contributed by atoms with van der Waals surface area (Å²) in [5, 5.41) is 21.8. The number of aliphatic hydroxyl groups is 1. The highest BCUT2D eigenvalue weighted by Crippen LogP contribution is 2.35. The van der Waals surface area contributed by atoms with Crippen molar-refractivity contribution in [2.75, 3.05) is 24.3 Å². The molecule has 2 aromatic rings. The van der Waals surface area contributed by atoms with E-state index in [4.69, 9.17) is 5.73 Å². The monoisotopic (exact) mass is 743 g/mol. The predicted octanol–water partition coefficient (Wildman–Crippen LogP) is 1.74. The number of hydrogen-bond acceptors (Lipinski definition) is 11. The summed E-state index contributed by atoms with van der Waals surface area (Å²) in [7, 11) is -3.51. The lowest BCUT2D eigenvalue weighted by atomic mass is 9.85. The first-order valence-corrected chi connectivity index (χ1v) is 20.1. The number of carbonyl (C=O) groups excluding carboxylic acids is 5. The van der Waals surface area contributed by atoms with Crippen LogP contribution in [0.4, 0.5) is 0 Å². The van der Waals surface area contributed by atoms with Crippen molar-refractivity contribution >= 4 is 56.7 Å². The fourth-order valence-corrected chi connectivity index (χ4v) is 8.96. The average Bonchev–Trinajstić information content (AvgIpc) is 3.76.